The predicted octanol–water partition coefficient (Wildman–Crippen LogP) is 0.580. The number of unbranched alkanes of at least 4 members (excludes halogenated alkanes) is 1. The van der Waals surface area contributed by atoms with Gasteiger partial charge in [0.15, 0.2) is 0 Å². The van der Waals surface area contributed by atoms with Gasteiger partial charge in [0, 0.05) is 13.1 Å². The van der Waals surface area contributed by atoms with Gasteiger partial charge in [0.25, 0.3) is 0 Å². The van der Waals surface area contributed by atoms with E-state index in [1.807, 2.05) is 6.92 Å². The van der Waals surface area contributed by atoms with Gasteiger partial charge in [-0.3, -0.25) is 0 Å². The minimum Gasteiger partial charge on any atom is -0.462 e. The second-order valence-corrected chi connectivity index (χ2v) is 4.01. The molecule has 0 saturated heterocycles. The van der Waals surface area contributed by atoms with Crippen molar-refractivity contribution < 1.29 is 19.7 Å². The van der Waals surface area contributed by atoms with E-state index in [2.05, 4.69) is 0 Å². The average Bonchev–Trinajstić information content (AvgIpc) is 2.44. The van der Waals surface area contributed by atoms with Crippen molar-refractivity contribution in [2.24, 2.45) is 0 Å². The minimum absolute atomic E-state index is 0.0434. The fourth-order valence-corrected chi connectivity index (χ4v) is 1.32. The van der Waals surface area contributed by atoms with E-state index in [0.717, 1.165) is 12.8 Å². The first kappa shape index (κ1) is 18.2. The number of carbonyl (C=O) groups excluding carboxylic acids is 1. The molecule has 0 aromatic carbocycles. The SMILES string of the molecule is CCCCOC(=O)/C(C#N)=C/C=C/N(CCO)CCO. The van der Waals surface area contributed by atoms with Crippen molar-refractivity contribution in [3.05, 3.63) is 23.9 Å². The molecule has 0 spiro atoms. The number of aliphatic hydroxyl groups excluding tert-OH is 2. The quantitative estimate of drug-likeness (QED) is 0.200. The van der Waals surface area contributed by atoms with Crippen LogP contribution in [0.2, 0.25) is 0 Å². The number of esters is 1. The highest BCUT2D eigenvalue weighted by Gasteiger charge is 2.08. The summed E-state index contributed by atoms with van der Waals surface area (Å²) >= 11 is 0. The lowest BCUT2D eigenvalue weighted by Gasteiger charge is -2.16. The van der Waals surface area contributed by atoms with Crippen molar-refractivity contribution in [3.8, 4) is 6.07 Å². The number of allylic oxidation sites excluding steroid dienone is 2. The van der Waals surface area contributed by atoms with E-state index in [9.17, 15) is 4.79 Å². The number of hydrogen-bond acceptors (Lipinski definition) is 6. The fraction of sp³-hybridized carbons (Fsp3) is 0.571. The number of rotatable bonds is 10. The Bertz CT molecular complexity index is 366. The molecule has 0 heterocycles. The molecule has 0 aromatic rings. The molecule has 20 heavy (non-hydrogen) atoms. The van der Waals surface area contributed by atoms with Gasteiger partial charge in [0.05, 0.1) is 19.8 Å². The van der Waals surface area contributed by atoms with E-state index in [4.69, 9.17) is 20.2 Å². The van der Waals surface area contributed by atoms with Crippen LogP contribution in [0.5, 0.6) is 0 Å². The number of nitrogens with zero attached hydrogens (tertiary/aromatic N) is 2. The molecule has 112 valence electrons. The predicted molar refractivity (Wildman–Crippen MR) is 74.4 cm³/mol. The van der Waals surface area contributed by atoms with E-state index in [1.54, 1.807) is 17.2 Å². The van der Waals surface area contributed by atoms with Crippen LogP contribution in [0.25, 0.3) is 0 Å². The Hall–Kier alpha value is -1.84. The monoisotopic (exact) mass is 282 g/mol. The van der Waals surface area contributed by atoms with Gasteiger partial charge in [-0.05, 0) is 24.8 Å². The van der Waals surface area contributed by atoms with Crippen LogP contribution in [-0.2, 0) is 9.53 Å². The molecule has 6 nitrogen and oxygen atoms in total. The Kier molecular flexibility index (Phi) is 11.1. The van der Waals surface area contributed by atoms with Crippen molar-refractivity contribution in [2.45, 2.75) is 19.8 Å². The summed E-state index contributed by atoms with van der Waals surface area (Å²) in [5.41, 5.74) is -0.0784. The van der Waals surface area contributed by atoms with E-state index >= 15 is 0 Å². The van der Waals surface area contributed by atoms with Gasteiger partial charge < -0.3 is 19.8 Å². The summed E-state index contributed by atoms with van der Waals surface area (Å²) in [7, 11) is 0. The molecule has 0 aliphatic rings. The summed E-state index contributed by atoms with van der Waals surface area (Å²) in [6.07, 6.45) is 6.15. The van der Waals surface area contributed by atoms with Gasteiger partial charge in [0.2, 0.25) is 0 Å². The highest BCUT2D eigenvalue weighted by Crippen LogP contribution is 2.00. The molecule has 0 unspecified atom stereocenters. The van der Waals surface area contributed by atoms with Gasteiger partial charge >= 0.3 is 5.97 Å². The Morgan fingerprint density at radius 2 is 2.00 bits per heavy atom. The van der Waals surface area contributed by atoms with Gasteiger partial charge in [-0.25, -0.2) is 4.79 Å². The van der Waals surface area contributed by atoms with Crippen molar-refractivity contribution in [1.82, 2.24) is 4.90 Å². The zero-order valence-electron chi connectivity index (χ0n) is 11.8. The third kappa shape index (κ3) is 8.29. The van der Waals surface area contributed by atoms with Crippen LogP contribution in [0.1, 0.15) is 19.8 Å². The molecule has 0 fully saturated rings. The second kappa shape index (κ2) is 12.2. The molecule has 0 aliphatic heterocycles. The van der Waals surface area contributed by atoms with E-state index in [1.165, 1.54) is 12.2 Å². The summed E-state index contributed by atoms with van der Waals surface area (Å²) in [5, 5.41) is 26.5. The minimum atomic E-state index is -0.638. The maximum absolute atomic E-state index is 11.5. The molecular formula is C14H22N2O4. The lowest BCUT2D eigenvalue weighted by molar-refractivity contribution is -0.138. The van der Waals surface area contributed by atoms with Gasteiger partial charge in [0.1, 0.15) is 11.6 Å². The molecule has 0 bridgehead atoms. The maximum atomic E-state index is 11.5. The van der Waals surface area contributed by atoms with Crippen molar-refractivity contribution in [1.29, 1.82) is 5.26 Å². The molecule has 0 aromatic heterocycles. The summed E-state index contributed by atoms with van der Waals surface area (Å²) in [4.78, 5) is 13.2. The van der Waals surface area contributed by atoms with Crippen molar-refractivity contribution >= 4 is 5.97 Å². The molecule has 0 radical (unpaired) electrons. The van der Waals surface area contributed by atoms with Crippen molar-refractivity contribution in [3.63, 3.8) is 0 Å². The van der Waals surface area contributed by atoms with E-state index < -0.39 is 5.97 Å². The molecule has 0 saturated carbocycles. The normalized spacial score (nSPS) is 11.4. The van der Waals surface area contributed by atoms with Crippen LogP contribution in [0.3, 0.4) is 0 Å². The molecule has 0 aliphatic carbocycles. The number of aliphatic hydroxyl groups is 2. The van der Waals surface area contributed by atoms with Crippen LogP contribution in [0.15, 0.2) is 23.9 Å². The smallest absolute Gasteiger partial charge is 0.348 e. The van der Waals surface area contributed by atoms with E-state index in [-0.39, 0.29) is 18.8 Å². The Morgan fingerprint density at radius 1 is 1.35 bits per heavy atom. The Morgan fingerprint density at radius 3 is 2.50 bits per heavy atom. The molecule has 0 atom stereocenters. The molecule has 6 heteroatoms. The summed E-state index contributed by atoms with van der Waals surface area (Å²) in [6.45, 7) is 2.94. The third-order valence-corrected chi connectivity index (χ3v) is 2.41. The lowest BCUT2D eigenvalue weighted by Crippen LogP contribution is -2.24. The topological polar surface area (TPSA) is 93.8 Å². The molecular weight excluding hydrogens is 260 g/mol. The standard InChI is InChI=1S/C14H22N2O4/c1-2-3-11-20-14(19)13(12-15)5-4-6-16(7-9-17)8-10-18/h4-6,17-18H,2-3,7-11H2,1H3/b6-4+,13-5+. The van der Waals surface area contributed by atoms with Crippen LogP contribution < -0.4 is 0 Å². The van der Waals surface area contributed by atoms with E-state index in [0.29, 0.717) is 19.7 Å². The first-order chi connectivity index (χ1) is 9.69. The molecule has 2 N–H and O–H groups in total. The van der Waals surface area contributed by atoms with Gasteiger partial charge in [-0.15, -0.1) is 0 Å². The van der Waals surface area contributed by atoms with Crippen LogP contribution in [0.4, 0.5) is 0 Å². The Labute approximate surface area is 119 Å². The number of ether oxygens (including phenoxy) is 1. The highest BCUT2D eigenvalue weighted by molar-refractivity contribution is 5.93. The van der Waals surface area contributed by atoms with Crippen LogP contribution in [0, 0.1) is 11.3 Å². The third-order valence-electron chi connectivity index (χ3n) is 2.41. The van der Waals surface area contributed by atoms with Gasteiger partial charge in [-0.1, -0.05) is 13.3 Å². The lowest BCUT2D eigenvalue weighted by atomic mass is 10.2. The maximum Gasteiger partial charge on any atom is 0.348 e. The zero-order valence-corrected chi connectivity index (χ0v) is 11.8. The Balaban J connectivity index is 4.48. The van der Waals surface area contributed by atoms with Crippen molar-refractivity contribution in [2.75, 3.05) is 32.9 Å². The summed E-state index contributed by atoms with van der Waals surface area (Å²) < 4.78 is 4.93. The summed E-state index contributed by atoms with van der Waals surface area (Å²) in [5.74, 6) is -0.638. The first-order valence-electron chi connectivity index (χ1n) is 6.61. The largest absolute Gasteiger partial charge is 0.462 e. The highest BCUT2D eigenvalue weighted by atomic mass is 16.5. The second-order valence-electron chi connectivity index (χ2n) is 4.01. The zero-order chi connectivity index (χ0) is 15.2. The number of carbonyl (C=O) groups is 1. The van der Waals surface area contributed by atoms with Crippen LogP contribution in [-0.4, -0.2) is 54.0 Å². The fourth-order valence-electron chi connectivity index (χ4n) is 1.32. The number of hydrogen-bond donors (Lipinski definition) is 2. The molecule has 0 amide bonds. The molecule has 0 rings (SSSR count). The van der Waals surface area contributed by atoms with Crippen LogP contribution >= 0.6 is 0 Å². The van der Waals surface area contributed by atoms with Gasteiger partial charge in [-0.2, -0.15) is 5.26 Å². The number of nitriles is 1. The average molecular weight is 282 g/mol. The summed E-state index contributed by atoms with van der Waals surface area (Å²) in [6, 6.07) is 1.78. The first-order valence-corrected chi connectivity index (χ1v) is 6.61.